The molecule has 0 aliphatic carbocycles. The van der Waals surface area contributed by atoms with Gasteiger partial charge in [-0.1, -0.05) is 12.1 Å². The van der Waals surface area contributed by atoms with Gasteiger partial charge < -0.3 is 20.2 Å². The zero-order chi connectivity index (χ0) is 14.5. The summed E-state index contributed by atoms with van der Waals surface area (Å²) in [5.74, 6) is 0.354. The molecular weight excluding hydrogens is 292 g/mol. The van der Waals surface area contributed by atoms with Crippen LogP contribution < -0.4 is 11.1 Å². The number of carbonyl (C=O) groups is 1. The number of carbonyl (C=O) groups excluding carboxylic acids is 1. The largest absolute Gasteiger partial charge is 0.467 e. The maximum atomic E-state index is 12.1. The van der Waals surface area contributed by atoms with E-state index in [1.54, 1.807) is 13.2 Å². The Bertz CT molecular complexity index is 598. The van der Waals surface area contributed by atoms with E-state index < -0.39 is 0 Å². The van der Waals surface area contributed by atoms with Crippen LogP contribution in [0.3, 0.4) is 0 Å². The summed E-state index contributed by atoms with van der Waals surface area (Å²) in [7, 11) is 1.65. The number of methoxy groups -OCH3 is 1. The first kappa shape index (κ1) is 17.2. The normalized spacial score (nSPS) is 11.6. The molecule has 0 aliphatic heterocycles. The van der Waals surface area contributed by atoms with Gasteiger partial charge in [0.1, 0.15) is 12.0 Å². The monoisotopic (exact) mass is 310 g/mol. The maximum absolute atomic E-state index is 12.1. The van der Waals surface area contributed by atoms with E-state index in [2.05, 4.69) is 5.32 Å². The Labute approximate surface area is 129 Å². The molecule has 2 rings (SSSR count). The Morgan fingerprint density at radius 2 is 2.19 bits per heavy atom. The Balaban J connectivity index is 0.00000220. The molecule has 1 heterocycles. The van der Waals surface area contributed by atoms with Gasteiger partial charge in [0.25, 0.3) is 5.91 Å². The zero-order valence-electron chi connectivity index (χ0n) is 12.0. The van der Waals surface area contributed by atoms with Crippen LogP contribution in [0.1, 0.15) is 34.7 Å². The van der Waals surface area contributed by atoms with Crippen LogP contribution in [0.25, 0.3) is 0 Å². The smallest absolute Gasteiger partial charge is 0.258 e. The molecule has 0 radical (unpaired) electrons. The molecule has 1 aromatic heterocycles. The molecule has 0 spiro atoms. The topological polar surface area (TPSA) is 77.5 Å². The van der Waals surface area contributed by atoms with Crippen LogP contribution in [0, 0.1) is 0 Å². The van der Waals surface area contributed by atoms with Gasteiger partial charge >= 0.3 is 0 Å². The lowest BCUT2D eigenvalue weighted by atomic mass is 10.1. The van der Waals surface area contributed by atoms with Crippen molar-refractivity contribution in [2.24, 2.45) is 5.73 Å². The predicted molar refractivity (Wildman–Crippen MR) is 83.7 cm³/mol. The fourth-order valence-corrected chi connectivity index (χ4v) is 1.82. The van der Waals surface area contributed by atoms with Crippen LogP contribution in [-0.4, -0.2) is 13.0 Å². The summed E-state index contributed by atoms with van der Waals surface area (Å²) in [6, 6.07) is 9.18. The summed E-state index contributed by atoms with van der Waals surface area (Å²) in [5, 5.41) is 2.82. The third-order valence-electron chi connectivity index (χ3n) is 3.08. The van der Waals surface area contributed by atoms with Crippen molar-refractivity contribution in [2.75, 3.05) is 12.4 Å². The average molecular weight is 311 g/mol. The van der Waals surface area contributed by atoms with Gasteiger partial charge in [-0.05, 0) is 30.7 Å². The number of halogens is 1. The van der Waals surface area contributed by atoms with Crippen molar-refractivity contribution < 1.29 is 13.9 Å². The highest BCUT2D eigenvalue weighted by Crippen LogP contribution is 2.20. The quantitative estimate of drug-likeness (QED) is 0.889. The van der Waals surface area contributed by atoms with E-state index in [1.165, 1.54) is 6.26 Å². The zero-order valence-corrected chi connectivity index (χ0v) is 12.8. The van der Waals surface area contributed by atoms with Crippen LogP contribution in [0.15, 0.2) is 41.0 Å². The van der Waals surface area contributed by atoms with Crippen molar-refractivity contribution in [1.29, 1.82) is 0 Å². The first-order valence-corrected chi connectivity index (χ1v) is 6.35. The van der Waals surface area contributed by atoms with E-state index in [9.17, 15) is 4.79 Å². The number of rotatable bonds is 5. The number of hydrogen-bond donors (Lipinski definition) is 2. The van der Waals surface area contributed by atoms with Crippen LogP contribution >= 0.6 is 12.4 Å². The standard InChI is InChI=1S/C15H18N2O3.ClH/c1-10(19-2)11-4-3-5-13(6-11)17-15(18)12-7-14(8-16)20-9-12;/h3-7,9-10H,8,16H2,1-2H3,(H,17,18);1H. The minimum Gasteiger partial charge on any atom is -0.467 e. The summed E-state index contributed by atoms with van der Waals surface area (Å²) >= 11 is 0. The van der Waals surface area contributed by atoms with Crippen molar-refractivity contribution in [3.05, 3.63) is 53.5 Å². The van der Waals surface area contributed by atoms with Crippen LogP contribution in [0.2, 0.25) is 0 Å². The van der Waals surface area contributed by atoms with Crippen LogP contribution in [0.5, 0.6) is 0 Å². The molecule has 3 N–H and O–H groups in total. The van der Waals surface area contributed by atoms with E-state index in [0.717, 1.165) is 5.56 Å². The van der Waals surface area contributed by atoms with E-state index in [-0.39, 0.29) is 31.0 Å². The molecule has 2 aromatic rings. The lowest BCUT2D eigenvalue weighted by Crippen LogP contribution is -2.11. The molecule has 0 saturated carbocycles. The molecule has 0 bridgehead atoms. The number of amides is 1. The molecule has 1 amide bonds. The molecule has 0 saturated heterocycles. The third kappa shape index (κ3) is 4.32. The van der Waals surface area contributed by atoms with Gasteiger partial charge in [0.15, 0.2) is 0 Å². The summed E-state index contributed by atoms with van der Waals surface area (Å²) in [6.45, 7) is 2.22. The van der Waals surface area contributed by atoms with Gasteiger partial charge in [-0.25, -0.2) is 0 Å². The SMILES string of the molecule is COC(C)c1cccc(NC(=O)c2coc(CN)c2)c1.Cl. The summed E-state index contributed by atoms with van der Waals surface area (Å²) in [4.78, 5) is 12.1. The van der Waals surface area contributed by atoms with Gasteiger partial charge in [-0.15, -0.1) is 12.4 Å². The van der Waals surface area contributed by atoms with Gasteiger partial charge in [0.05, 0.1) is 18.2 Å². The highest BCUT2D eigenvalue weighted by molar-refractivity contribution is 6.04. The van der Waals surface area contributed by atoms with E-state index in [1.807, 2.05) is 31.2 Å². The van der Waals surface area contributed by atoms with Crippen molar-refractivity contribution >= 4 is 24.0 Å². The molecule has 6 heteroatoms. The minimum atomic E-state index is -0.226. The molecule has 21 heavy (non-hydrogen) atoms. The Hall–Kier alpha value is -1.82. The average Bonchev–Trinajstić information content (AvgIpc) is 2.95. The number of hydrogen-bond acceptors (Lipinski definition) is 4. The molecule has 0 fully saturated rings. The fraction of sp³-hybridized carbons (Fsp3) is 0.267. The van der Waals surface area contributed by atoms with E-state index in [4.69, 9.17) is 14.9 Å². The first-order valence-electron chi connectivity index (χ1n) is 6.35. The van der Waals surface area contributed by atoms with E-state index >= 15 is 0 Å². The lowest BCUT2D eigenvalue weighted by molar-refractivity contribution is 0.102. The van der Waals surface area contributed by atoms with Crippen LogP contribution in [0.4, 0.5) is 5.69 Å². The lowest BCUT2D eigenvalue weighted by Gasteiger charge is -2.11. The molecule has 1 unspecified atom stereocenters. The molecule has 5 nitrogen and oxygen atoms in total. The van der Waals surface area contributed by atoms with Crippen molar-refractivity contribution in [1.82, 2.24) is 0 Å². The van der Waals surface area contributed by atoms with Gasteiger partial charge in [0.2, 0.25) is 0 Å². The number of nitrogens with two attached hydrogens (primary N) is 1. The molecular formula is C15H19ClN2O3. The summed E-state index contributed by atoms with van der Waals surface area (Å²) < 4.78 is 10.4. The number of ether oxygens (including phenoxy) is 1. The highest BCUT2D eigenvalue weighted by Gasteiger charge is 2.11. The molecule has 1 aromatic carbocycles. The molecule has 1 atom stereocenters. The number of benzene rings is 1. The second-order valence-electron chi connectivity index (χ2n) is 4.46. The first-order chi connectivity index (χ1) is 9.63. The van der Waals surface area contributed by atoms with Crippen molar-refractivity contribution in [3.8, 4) is 0 Å². The summed E-state index contributed by atoms with van der Waals surface area (Å²) in [5.41, 5.74) is 7.61. The summed E-state index contributed by atoms with van der Waals surface area (Å²) in [6.07, 6.45) is 1.38. The van der Waals surface area contributed by atoms with Crippen molar-refractivity contribution in [3.63, 3.8) is 0 Å². The van der Waals surface area contributed by atoms with Gasteiger partial charge in [0, 0.05) is 12.8 Å². The van der Waals surface area contributed by atoms with Gasteiger partial charge in [-0.3, -0.25) is 4.79 Å². The second-order valence-corrected chi connectivity index (χ2v) is 4.46. The number of furan rings is 1. The predicted octanol–water partition coefficient (Wildman–Crippen LogP) is 3.12. The van der Waals surface area contributed by atoms with Crippen LogP contribution in [-0.2, 0) is 11.3 Å². The Morgan fingerprint density at radius 1 is 1.43 bits per heavy atom. The Kier molecular flexibility index (Phi) is 6.42. The number of nitrogens with one attached hydrogen (secondary N) is 1. The van der Waals surface area contributed by atoms with Gasteiger partial charge in [-0.2, -0.15) is 0 Å². The number of anilines is 1. The Morgan fingerprint density at radius 3 is 2.81 bits per heavy atom. The minimum absolute atomic E-state index is 0. The highest BCUT2D eigenvalue weighted by atomic mass is 35.5. The molecule has 114 valence electrons. The maximum Gasteiger partial charge on any atom is 0.258 e. The van der Waals surface area contributed by atoms with Crippen molar-refractivity contribution in [2.45, 2.75) is 19.6 Å². The third-order valence-corrected chi connectivity index (χ3v) is 3.08. The second kappa shape index (κ2) is 7.83. The van der Waals surface area contributed by atoms with E-state index in [0.29, 0.717) is 17.0 Å². The fourth-order valence-electron chi connectivity index (χ4n) is 1.82. The molecule has 0 aliphatic rings.